The lowest BCUT2D eigenvalue weighted by Gasteiger charge is -2.22. The van der Waals surface area contributed by atoms with E-state index in [-0.39, 0.29) is 0 Å². The first-order valence-electron chi connectivity index (χ1n) is 8.55. The summed E-state index contributed by atoms with van der Waals surface area (Å²) in [6, 6.07) is 4.26. The molecule has 132 valence electrons. The maximum absolute atomic E-state index is 4.78. The molecule has 0 atom stereocenters. The third kappa shape index (κ3) is 5.09. The highest BCUT2D eigenvalue weighted by atomic mass is 32.1. The van der Waals surface area contributed by atoms with Crippen LogP contribution in [-0.2, 0) is 20.0 Å². The van der Waals surface area contributed by atoms with Crippen molar-refractivity contribution in [3.63, 3.8) is 0 Å². The largest absolute Gasteiger partial charge is 0.357 e. The van der Waals surface area contributed by atoms with E-state index in [0.29, 0.717) is 5.92 Å². The Hall–Kier alpha value is -1.82. The fourth-order valence-corrected chi connectivity index (χ4v) is 3.39. The first-order chi connectivity index (χ1) is 11.5. The molecule has 0 unspecified atom stereocenters. The van der Waals surface area contributed by atoms with E-state index in [0.717, 1.165) is 32.0 Å². The van der Waals surface area contributed by atoms with Crippen LogP contribution in [0.4, 0.5) is 0 Å². The Balaban J connectivity index is 2.04. The molecule has 0 fully saturated rings. The van der Waals surface area contributed by atoms with E-state index in [9.17, 15) is 0 Å². The number of guanidine groups is 1. The van der Waals surface area contributed by atoms with Crippen LogP contribution >= 0.6 is 11.3 Å². The van der Waals surface area contributed by atoms with Gasteiger partial charge in [-0.1, -0.05) is 19.9 Å². The molecule has 0 aliphatic heterocycles. The van der Waals surface area contributed by atoms with Gasteiger partial charge >= 0.3 is 0 Å². The Morgan fingerprint density at radius 2 is 2.25 bits per heavy atom. The molecular weight excluding hydrogens is 318 g/mol. The fourth-order valence-electron chi connectivity index (χ4n) is 2.69. The topological polar surface area (TPSA) is 45.5 Å². The van der Waals surface area contributed by atoms with Gasteiger partial charge in [-0.3, -0.25) is 9.67 Å². The minimum absolute atomic E-state index is 0.424. The van der Waals surface area contributed by atoms with Gasteiger partial charge in [0.05, 0.1) is 5.69 Å². The van der Waals surface area contributed by atoms with Crippen LogP contribution in [0.5, 0.6) is 0 Å². The SMILES string of the molecule is CCNC(=NCCc1cccs1)N(C)Cc1cn(C)nc1C(C)C. The average Bonchev–Trinajstić information content (AvgIpc) is 3.16. The number of nitrogens with zero attached hydrogens (tertiary/aromatic N) is 4. The predicted molar refractivity (Wildman–Crippen MR) is 103 cm³/mol. The van der Waals surface area contributed by atoms with E-state index in [2.05, 4.69) is 66.8 Å². The molecule has 0 saturated carbocycles. The number of aromatic nitrogens is 2. The van der Waals surface area contributed by atoms with Crippen LogP contribution in [0.15, 0.2) is 28.7 Å². The number of aryl methyl sites for hydroxylation is 1. The Kier molecular flexibility index (Phi) is 6.85. The van der Waals surface area contributed by atoms with Crippen molar-refractivity contribution in [2.24, 2.45) is 12.0 Å². The highest BCUT2D eigenvalue weighted by Crippen LogP contribution is 2.18. The maximum atomic E-state index is 4.78. The molecule has 2 rings (SSSR count). The molecule has 0 aliphatic rings. The van der Waals surface area contributed by atoms with E-state index in [1.807, 2.05) is 11.7 Å². The molecule has 2 aromatic rings. The summed E-state index contributed by atoms with van der Waals surface area (Å²) in [5.41, 5.74) is 2.43. The quantitative estimate of drug-likeness (QED) is 0.618. The van der Waals surface area contributed by atoms with Crippen molar-refractivity contribution in [2.45, 2.75) is 39.7 Å². The minimum Gasteiger partial charge on any atom is -0.357 e. The zero-order chi connectivity index (χ0) is 17.5. The molecule has 0 saturated heterocycles. The summed E-state index contributed by atoms with van der Waals surface area (Å²) >= 11 is 1.79. The predicted octanol–water partition coefficient (Wildman–Crippen LogP) is 3.25. The molecule has 0 bridgehead atoms. The van der Waals surface area contributed by atoms with Gasteiger partial charge in [0.1, 0.15) is 0 Å². The van der Waals surface area contributed by atoms with Gasteiger partial charge in [-0.15, -0.1) is 11.3 Å². The molecule has 24 heavy (non-hydrogen) atoms. The lowest BCUT2D eigenvalue weighted by molar-refractivity contribution is 0.473. The molecule has 0 radical (unpaired) electrons. The number of nitrogens with one attached hydrogen (secondary N) is 1. The van der Waals surface area contributed by atoms with E-state index in [4.69, 9.17) is 4.99 Å². The van der Waals surface area contributed by atoms with Gasteiger partial charge in [0, 0.05) is 56.8 Å². The van der Waals surface area contributed by atoms with Crippen LogP contribution in [-0.4, -0.2) is 40.8 Å². The van der Waals surface area contributed by atoms with Gasteiger partial charge < -0.3 is 10.2 Å². The highest BCUT2D eigenvalue weighted by molar-refractivity contribution is 7.09. The smallest absolute Gasteiger partial charge is 0.193 e. The van der Waals surface area contributed by atoms with Crippen LogP contribution in [0.25, 0.3) is 0 Å². The number of thiophene rings is 1. The lowest BCUT2D eigenvalue weighted by atomic mass is 10.1. The second kappa shape index (κ2) is 8.87. The summed E-state index contributed by atoms with van der Waals surface area (Å²) in [4.78, 5) is 8.34. The molecule has 0 aliphatic carbocycles. The zero-order valence-electron chi connectivity index (χ0n) is 15.4. The molecule has 5 nitrogen and oxygen atoms in total. The molecule has 2 aromatic heterocycles. The molecule has 0 aromatic carbocycles. The average molecular weight is 348 g/mol. The number of hydrogen-bond donors (Lipinski definition) is 1. The Bertz CT molecular complexity index is 642. The highest BCUT2D eigenvalue weighted by Gasteiger charge is 2.15. The van der Waals surface area contributed by atoms with Crippen LogP contribution in [0.3, 0.4) is 0 Å². The lowest BCUT2D eigenvalue weighted by Crippen LogP contribution is -2.38. The number of hydrogen-bond acceptors (Lipinski definition) is 3. The van der Waals surface area contributed by atoms with Gasteiger partial charge in [-0.05, 0) is 24.3 Å². The standard InChI is InChI=1S/C18H29N5S/c1-6-19-18(20-10-9-16-8-7-11-24-16)22(4)12-15-13-23(5)21-17(15)14(2)3/h7-8,11,13-14H,6,9-10,12H2,1-5H3,(H,19,20). The number of rotatable bonds is 7. The van der Waals surface area contributed by atoms with Crippen molar-refractivity contribution < 1.29 is 0 Å². The van der Waals surface area contributed by atoms with E-state index in [1.54, 1.807) is 11.3 Å². The maximum Gasteiger partial charge on any atom is 0.193 e. The molecule has 0 spiro atoms. The Morgan fingerprint density at radius 3 is 2.88 bits per heavy atom. The van der Waals surface area contributed by atoms with Crippen molar-refractivity contribution in [3.8, 4) is 0 Å². The van der Waals surface area contributed by atoms with Crippen molar-refractivity contribution in [1.29, 1.82) is 0 Å². The van der Waals surface area contributed by atoms with Gasteiger partial charge in [0.25, 0.3) is 0 Å². The summed E-state index contributed by atoms with van der Waals surface area (Å²) in [5.74, 6) is 1.38. The monoisotopic (exact) mass is 347 g/mol. The summed E-state index contributed by atoms with van der Waals surface area (Å²) in [6.07, 6.45) is 3.10. The van der Waals surface area contributed by atoms with Crippen molar-refractivity contribution in [1.82, 2.24) is 20.0 Å². The van der Waals surface area contributed by atoms with Gasteiger partial charge in [0.2, 0.25) is 0 Å². The third-order valence-corrected chi connectivity index (χ3v) is 4.72. The third-order valence-electron chi connectivity index (χ3n) is 3.79. The number of aliphatic imine (C=N–C) groups is 1. The molecule has 2 heterocycles. The fraction of sp³-hybridized carbons (Fsp3) is 0.556. The first-order valence-corrected chi connectivity index (χ1v) is 9.43. The normalized spacial score (nSPS) is 12.0. The van der Waals surface area contributed by atoms with Gasteiger partial charge in [-0.2, -0.15) is 5.10 Å². The van der Waals surface area contributed by atoms with E-state index in [1.165, 1.54) is 16.1 Å². The van der Waals surface area contributed by atoms with Gasteiger partial charge in [0.15, 0.2) is 5.96 Å². The van der Waals surface area contributed by atoms with Crippen LogP contribution in [0.1, 0.15) is 42.8 Å². The summed E-state index contributed by atoms with van der Waals surface area (Å²) in [5, 5.41) is 10.1. The Labute approximate surface area is 149 Å². The van der Waals surface area contributed by atoms with Crippen LogP contribution in [0.2, 0.25) is 0 Å². The molecule has 1 N–H and O–H groups in total. The summed E-state index contributed by atoms with van der Waals surface area (Å²) in [6.45, 7) is 8.96. The van der Waals surface area contributed by atoms with Crippen LogP contribution in [0, 0.1) is 0 Å². The zero-order valence-corrected chi connectivity index (χ0v) is 16.2. The summed E-state index contributed by atoms with van der Waals surface area (Å²) in [7, 11) is 4.07. The van der Waals surface area contributed by atoms with Crippen molar-refractivity contribution in [3.05, 3.63) is 39.8 Å². The van der Waals surface area contributed by atoms with Crippen LogP contribution < -0.4 is 5.32 Å². The molecular formula is C18H29N5S. The van der Waals surface area contributed by atoms with Crippen molar-refractivity contribution in [2.75, 3.05) is 20.1 Å². The van der Waals surface area contributed by atoms with Crippen molar-refractivity contribution >= 4 is 17.3 Å². The molecule has 6 heteroatoms. The van der Waals surface area contributed by atoms with E-state index < -0.39 is 0 Å². The Morgan fingerprint density at radius 1 is 1.46 bits per heavy atom. The van der Waals surface area contributed by atoms with Gasteiger partial charge in [-0.25, -0.2) is 0 Å². The minimum atomic E-state index is 0.424. The van der Waals surface area contributed by atoms with E-state index >= 15 is 0 Å². The second-order valence-corrected chi connectivity index (χ2v) is 7.32. The molecule has 0 amide bonds. The summed E-state index contributed by atoms with van der Waals surface area (Å²) < 4.78 is 1.90. The second-order valence-electron chi connectivity index (χ2n) is 6.29. The first kappa shape index (κ1) is 18.5.